The zero-order valence-corrected chi connectivity index (χ0v) is 9.74. The highest BCUT2D eigenvalue weighted by Crippen LogP contribution is 2.36. The molecule has 0 radical (unpaired) electrons. The van der Waals surface area contributed by atoms with E-state index < -0.39 is 0 Å². The molecule has 0 unspecified atom stereocenters. The van der Waals surface area contributed by atoms with Crippen molar-refractivity contribution in [2.45, 2.75) is 6.42 Å². The van der Waals surface area contributed by atoms with Gasteiger partial charge in [0.2, 0.25) is 0 Å². The maximum absolute atomic E-state index is 4.34. The van der Waals surface area contributed by atoms with Gasteiger partial charge in [0.05, 0.1) is 11.9 Å². The predicted octanol–water partition coefficient (Wildman–Crippen LogP) is 4.42. The Morgan fingerprint density at radius 1 is 1.17 bits per heavy atom. The van der Waals surface area contributed by atoms with Crippen LogP contribution in [-0.2, 0) is 0 Å². The van der Waals surface area contributed by atoms with Crippen molar-refractivity contribution < 1.29 is 0 Å². The molecule has 0 N–H and O–H groups in total. The van der Waals surface area contributed by atoms with Gasteiger partial charge in [0, 0.05) is 22.5 Å². The largest absolute Gasteiger partial charge is 0.299 e. The fourth-order valence-electron chi connectivity index (χ4n) is 2.50. The van der Waals surface area contributed by atoms with Gasteiger partial charge in [-0.2, -0.15) is 5.11 Å². The minimum absolute atomic E-state index is 0.915. The number of nitrogens with zero attached hydrogens (tertiary/aromatic N) is 3. The predicted molar refractivity (Wildman–Crippen MR) is 72.6 cm³/mol. The number of azo groups is 1. The zero-order chi connectivity index (χ0) is 11.9. The van der Waals surface area contributed by atoms with Crippen molar-refractivity contribution in [1.29, 1.82) is 0 Å². The summed E-state index contributed by atoms with van der Waals surface area (Å²) in [5.41, 5.74) is 2.29. The van der Waals surface area contributed by atoms with Crippen LogP contribution in [-0.4, -0.2) is 4.57 Å². The van der Waals surface area contributed by atoms with Crippen LogP contribution in [0.1, 0.15) is 6.42 Å². The fraction of sp³-hybridized carbons (Fsp3) is 0.0667. The van der Waals surface area contributed by atoms with Crippen LogP contribution in [0.4, 0.5) is 5.82 Å². The van der Waals surface area contributed by atoms with E-state index in [0.717, 1.165) is 23.2 Å². The molecule has 2 aromatic rings. The van der Waals surface area contributed by atoms with E-state index in [1.807, 2.05) is 18.3 Å². The summed E-state index contributed by atoms with van der Waals surface area (Å²) >= 11 is 0. The summed E-state index contributed by atoms with van der Waals surface area (Å²) < 4.78 is 2.14. The Kier molecular flexibility index (Phi) is 1.88. The van der Waals surface area contributed by atoms with E-state index in [4.69, 9.17) is 0 Å². The van der Waals surface area contributed by atoms with Gasteiger partial charge in [0.1, 0.15) is 0 Å². The van der Waals surface area contributed by atoms with Crippen molar-refractivity contribution in [3.8, 4) is 0 Å². The van der Waals surface area contributed by atoms with Crippen molar-refractivity contribution in [2.75, 3.05) is 0 Å². The molecule has 1 aliphatic heterocycles. The molecule has 0 atom stereocenters. The summed E-state index contributed by atoms with van der Waals surface area (Å²) in [5.74, 6) is 0.915. The van der Waals surface area contributed by atoms with Crippen LogP contribution in [0.2, 0.25) is 0 Å². The van der Waals surface area contributed by atoms with Crippen LogP contribution in [0.3, 0.4) is 0 Å². The first-order valence-corrected chi connectivity index (χ1v) is 6.02. The van der Waals surface area contributed by atoms with Gasteiger partial charge in [-0.3, -0.25) is 4.57 Å². The standard InChI is InChI=1S/C15H11N3/c1-3-7-13-12(6-1)10-18-14-8-4-2-5-11(14)9-16-17-15(13)18/h1-3,5-10H,4H2. The van der Waals surface area contributed by atoms with Crippen molar-refractivity contribution in [3.63, 3.8) is 0 Å². The number of aromatic nitrogens is 1. The Labute approximate surface area is 104 Å². The monoisotopic (exact) mass is 233 g/mol. The van der Waals surface area contributed by atoms with E-state index in [2.05, 4.69) is 51.4 Å². The van der Waals surface area contributed by atoms with Crippen LogP contribution in [0.5, 0.6) is 0 Å². The van der Waals surface area contributed by atoms with Crippen molar-refractivity contribution >= 4 is 22.3 Å². The lowest BCUT2D eigenvalue weighted by Crippen LogP contribution is -1.98. The van der Waals surface area contributed by atoms with Crippen LogP contribution >= 0.6 is 0 Å². The van der Waals surface area contributed by atoms with E-state index in [-0.39, 0.29) is 0 Å². The maximum Gasteiger partial charge on any atom is 0.167 e. The molecule has 1 aliphatic carbocycles. The van der Waals surface area contributed by atoms with E-state index in [9.17, 15) is 0 Å². The third-order valence-electron chi connectivity index (χ3n) is 3.35. The summed E-state index contributed by atoms with van der Waals surface area (Å²) in [6.07, 6.45) is 11.4. The molecule has 4 rings (SSSR count). The summed E-state index contributed by atoms with van der Waals surface area (Å²) in [6.45, 7) is 0. The first-order valence-electron chi connectivity index (χ1n) is 6.02. The molecule has 0 saturated heterocycles. The van der Waals surface area contributed by atoms with Gasteiger partial charge >= 0.3 is 0 Å². The first-order chi connectivity index (χ1) is 8.93. The van der Waals surface area contributed by atoms with Crippen molar-refractivity contribution in [2.24, 2.45) is 10.2 Å². The lowest BCUT2D eigenvalue weighted by molar-refractivity contribution is 1.07. The smallest absolute Gasteiger partial charge is 0.167 e. The van der Waals surface area contributed by atoms with Gasteiger partial charge < -0.3 is 0 Å². The number of allylic oxidation sites excluding steroid dienone is 5. The van der Waals surface area contributed by atoms with Gasteiger partial charge in [-0.15, -0.1) is 5.11 Å². The summed E-state index contributed by atoms with van der Waals surface area (Å²) in [6, 6.07) is 8.28. The minimum Gasteiger partial charge on any atom is -0.299 e. The number of rotatable bonds is 0. The molecule has 2 heterocycles. The molecule has 3 nitrogen and oxygen atoms in total. The Morgan fingerprint density at radius 2 is 2.11 bits per heavy atom. The second kappa shape index (κ2) is 3.53. The van der Waals surface area contributed by atoms with Crippen molar-refractivity contribution in [3.05, 3.63) is 60.5 Å². The molecule has 0 saturated carbocycles. The molecular formula is C15H11N3. The molecule has 0 spiro atoms. The highest BCUT2D eigenvalue weighted by molar-refractivity contribution is 5.95. The molecule has 3 heteroatoms. The lowest BCUT2D eigenvalue weighted by Gasteiger charge is -2.12. The molecule has 2 aliphatic rings. The first kappa shape index (κ1) is 9.59. The lowest BCUT2D eigenvalue weighted by atomic mass is 10.1. The molecular weight excluding hydrogens is 222 g/mol. The van der Waals surface area contributed by atoms with Gasteiger partial charge in [0.25, 0.3) is 0 Å². The second-order valence-corrected chi connectivity index (χ2v) is 4.44. The topological polar surface area (TPSA) is 29.6 Å². The summed E-state index contributed by atoms with van der Waals surface area (Å²) in [5, 5.41) is 10.8. The van der Waals surface area contributed by atoms with E-state index in [1.165, 1.54) is 11.1 Å². The zero-order valence-electron chi connectivity index (χ0n) is 9.74. The average Bonchev–Trinajstić information content (AvgIpc) is 2.69. The average molecular weight is 233 g/mol. The normalized spacial score (nSPS) is 16.9. The van der Waals surface area contributed by atoms with Gasteiger partial charge in [-0.25, -0.2) is 0 Å². The number of hydrogen-bond acceptors (Lipinski definition) is 2. The molecule has 1 aromatic heterocycles. The van der Waals surface area contributed by atoms with E-state index >= 15 is 0 Å². The SMILES string of the molecule is C1=CC2=CN=Nc3c4ccccc4cn3C2=CC1. The maximum atomic E-state index is 4.34. The number of hydrogen-bond donors (Lipinski definition) is 0. The highest BCUT2D eigenvalue weighted by Gasteiger charge is 2.16. The molecule has 0 bridgehead atoms. The van der Waals surface area contributed by atoms with Crippen LogP contribution < -0.4 is 0 Å². The third kappa shape index (κ3) is 1.24. The van der Waals surface area contributed by atoms with Crippen LogP contribution in [0, 0.1) is 0 Å². The second-order valence-electron chi connectivity index (χ2n) is 4.44. The van der Waals surface area contributed by atoms with Gasteiger partial charge in [0.15, 0.2) is 5.82 Å². The Balaban J connectivity index is 2.07. The summed E-state index contributed by atoms with van der Waals surface area (Å²) in [7, 11) is 0. The Morgan fingerprint density at radius 3 is 3.11 bits per heavy atom. The van der Waals surface area contributed by atoms with Gasteiger partial charge in [-0.1, -0.05) is 42.5 Å². The molecule has 1 aromatic carbocycles. The number of benzene rings is 1. The Hall–Kier alpha value is -2.42. The Bertz CT molecular complexity index is 757. The third-order valence-corrected chi connectivity index (χ3v) is 3.35. The molecule has 0 amide bonds. The van der Waals surface area contributed by atoms with Crippen LogP contribution in [0.15, 0.2) is 70.7 Å². The van der Waals surface area contributed by atoms with E-state index in [0.29, 0.717) is 0 Å². The summed E-state index contributed by atoms with van der Waals surface area (Å²) in [4.78, 5) is 0. The van der Waals surface area contributed by atoms with Crippen molar-refractivity contribution in [1.82, 2.24) is 4.57 Å². The molecule has 86 valence electrons. The molecule has 0 fully saturated rings. The fourth-order valence-corrected chi connectivity index (χ4v) is 2.50. The minimum atomic E-state index is 0.915. The number of fused-ring (bicyclic) bond motifs is 5. The molecule has 18 heavy (non-hydrogen) atoms. The highest BCUT2D eigenvalue weighted by atomic mass is 15.2. The van der Waals surface area contributed by atoms with Crippen LogP contribution in [0.25, 0.3) is 16.5 Å². The quantitative estimate of drug-likeness (QED) is 0.644. The van der Waals surface area contributed by atoms with E-state index in [1.54, 1.807) is 0 Å². The van der Waals surface area contributed by atoms with Gasteiger partial charge in [-0.05, 0) is 6.42 Å².